The van der Waals surface area contributed by atoms with Crippen LogP contribution >= 0.6 is 0 Å². The third-order valence-electron chi connectivity index (χ3n) is 8.69. The zero-order chi connectivity index (χ0) is 39.3. The highest BCUT2D eigenvalue weighted by Gasteiger charge is 2.31. The molecule has 0 aromatic rings. The molecule has 0 spiro atoms. The van der Waals surface area contributed by atoms with Crippen LogP contribution in [-0.4, -0.2) is 80.6 Å². The van der Waals surface area contributed by atoms with Crippen molar-refractivity contribution < 1.29 is 38.2 Å². The molecule has 8 heteroatoms. The Hall–Kier alpha value is -3.23. The van der Waals surface area contributed by atoms with E-state index >= 15 is 0 Å². The van der Waals surface area contributed by atoms with Crippen molar-refractivity contribution in [1.29, 1.82) is 0 Å². The van der Waals surface area contributed by atoms with E-state index in [4.69, 9.17) is 14.2 Å². The lowest BCUT2D eigenvalue weighted by atomic mass is 10.1. The van der Waals surface area contributed by atoms with Crippen LogP contribution in [0.3, 0.4) is 0 Å². The minimum Gasteiger partial charge on any atom is -0.477 e. The van der Waals surface area contributed by atoms with Crippen molar-refractivity contribution in [1.82, 2.24) is 0 Å². The summed E-state index contributed by atoms with van der Waals surface area (Å²) >= 11 is 0. The van der Waals surface area contributed by atoms with Gasteiger partial charge in [-0.2, -0.15) is 0 Å². The number of likely N-dealkylation sites (N-methyl/N-ethyl adjacent to an activating group) is 1. The van der Waals surface area contributed by atoms with Crippen LogP contribution in [0, 0.1) is 0 Å². The topological polar surface area (TPSA) is 99.1 Å². The molecule has 1 N–H and O–H groups in total. The number of rotatable bonds is 35. The van der Waals surface area contributed by atoms with Gasteiger partial charge in [0.2, 0.25) is 0 Å². The third-order valence-corrected chi connectivity index (χ3v) is 8.69. The lowest BCUT2D eigenvalue weighted by molar-refractivity contribution is -0.887. The Kier molecular flexibility index (Phi) is 33.6. The van der Waals surface area contributed by atoms with Crippen LogP contribution in [-0.2, 0) is 28.6 Å². The van der Waals surface area contributed by atoms with Crippen molar-refractivity contribution in [2.45, 2.75) is 154 Å². The van der Waals surface area contributed by atoms with E-state index in [1.807, 2.05) is 57.6 Å². The van der Waals surface area contributed by atoms with E-state index < -0.39 is 18.1 Å². The van der Waals surface area contributed by atoms with Gasteiger partial charge in [0.25, 0.3) is 0 Å². The van der Waals surface area contributed by atoms with Gasteiger partial charge in [-0.3, -0.25) is 9.59 Å². The fourth-order valence-electron chi connectivity index (χ4n) is 5.45. The fourth-order valence-corrected chi connectivity index (χ4v) is 5.45. The average Bonchev–Trinajstić information content (AvgIpc) is 3.11. The largest absolute Gasteiger partial charge is 0.477 e. The van der Waals surface area contributed by atoms with Gasteiger partial charge < -0.3 is 23.8 Å². The van der Waals surface area contributed by atoms with Crippen LogP contribution < -0.4 is 0 Å². The minimum absolute atomic E-state index is 0.0438. The first-order valence-corrected chi connectivity index (χ1v) is 20.5. The number of hydrogen-bond donors (Lipinski definition) is 1. The summed E-state index contributed by atoms with van der Waals surface area (Å²) in [5.74, 6) is -1.52. The molecular weight excluding hydrogens is 666 g/mol. The van der Waals surface area contributed by atoms with Crippen LogP contribution in [0.1, 0.15) is 142 Å². The van der Waals surface area contributed by atoms with Gasteiger partial charge in [-0.15, -0.1) is 0 Å². The predicted octanol–water partition coefficient (Wildman–Crippen LogP) is 10.8. The first-order chi connectivity index (χ1) is 25.6. The highest BCUT2D eigenvalue weighted by molar-refractivity contribution is 5.72. The normalized spacial score (nSPS) is 13.8. The molecule has 302 valence electrons. The highest BCUT2D eigenvalue weighted by atomic mass is 16.6. The first-order valence-electron chi connectivity index (χ1n) is 20.5. The second-order valence-electron chi connectivity index (χ2n) is 14.7. The molecule has 0 heterocycles. The summed E-state index contributed by atoms with van der Waals surface area (Å²) in [6, 6.07) is -0.623. The molecule has 0 saturated heterocycles. The van der Waals surface area contributed by atoms with Gasteiger partial charge in [0.1, 0.15) is 6.61 Å². The summed E-state index contributed by atoms with van der Waals surface area (Å²) < 4.78 is 17.2. The Bertz CT molecular complexity index is 1100. The van der Waals surface area contributed by atoms with Crippen LogP contribution in [0.15, 0.2) is 72.9 Å². The van der Waals surface area contributed by atoms with Gasteiger partial charge >= 0.3 is 17.9 Å². The predicted molar refractivity (Wildman–Crippen MR) is 220 cm³/mol. The number of carbonyl (C=O) groups excluding carboxylic acids is 2. The maximum Gasteiger partial charge on any atom is 0.362 e. The first kappa shape index (κ1) is 49.8. The van der Waals surface area contributed by atoms with E-state index in [1.54, 1.807) is 0 Å². The second kappa shape index (κ2) is 35.8. The molecule has 0 saturated carbocycles. The summed E-state index contributed by atoms with van der Waals surface area (Å²) in [4.78, 5) is 36.8. The number of quaternary nitrogens is 1. The summed E-state index contributed by atoms with van der Waals surface area (Å²) in [5.41, 5.74) is 0. The van der Waals surface area contributed by atoms with E-state index in [1.165, 1.54) is 32.1 Å². The van der Waals surface area contributed by atoms with E-state index in [9.17, 15) is 19.5 Å². The van der Waals surface area contributed by atoms with Crippen molar-refractivity contribution >= 4 is 17.9 Å². The van der Waals surface area contributed by atoms with Crippen molar-refractivity contribution in [3.63, 3.8) is 0 Å². The molecule has 0 rings (SSSR count). The van der Waals surface area contributed by atoms with Crippen LogP contribution in [0.5, 0.6) is 0 Å². The molecule has 8 nitrogen and oxygen atoms in total. The maximum atomic E-state index is 12.7. The standard InChI is InChI=1S/C45H75NO7/c1-6-8-10-12-14-16-18-19-20-21-22-23-24-26-28-30-32-34-36-44(48)53-41(39-51-38-37-42(45(49)50)46(3,4)5)40-52-43(47)35-33-31-29-27-25-17-15-13-11-9-7-2/h10,12-16,18-23,41-42H,6-9,11,17,24-40H2,1-5H3/p+1/b12-10+,15-13+,16-14+,19-18+,21-20+,23-22+. The highest BCUT2D eigenvalue weighted by Crippen LogP contribution is 2.13. The molecule has 0 amide bonds. The molecule has 2 atom stereocenters. The Labute approximate surface area is 323 Å². The Morgan fingerprint density at radius 2 is 1.06 bits per heavy atom. The van der Waals surface area contributed by atoms with Gasteiger partial charge in [0.05, 0.1) is 34.4 Å². The van der Waals surface area contributed by atoms with Gasteiger partial charge in [0.15, 0.2) is 12.1 Å². The number of carboxylic acid groups (broad SMARTS) is 1. The molecule has 0 aromatic carbocycles. The fraction of sp³-hybridized carbons (Fsp3) is 0.667. The quantitative estimate of drug-likeness (QED) is 0.0227. The smallest absolute Gasteiger partial charge is 0.362 e. The van der Waals surface area contributed by atoms with E-state index in [2.05, 4.69) is 50.3 Å². The summed E-state index contributed by atoms with van der Waals surface area (Å²) in [7, 11) is 5.50. The second-order valence-corrected chi connectivity index (χ2v) is 14.7. The van der Waals surface area contributed by atoms with Crippen molar-refractivity contribution in [2.75, 3.05) is 41.0 Å². The number of carbonyl (C=O) groups is 3. The molecule has 0 aliphatic rings. The van der Waals surface area contributed by atoms with Crippen molar-refractivity contribution in [2.24, 2.45) is 0 Å². The number of ether oxygens (including phenoxy) is 3. The van der Waals surface area contributed by atoms with Crippen molar-refractivity contribution in [3.05, 3.63) is 72.9 Å². The molecule has 0 fully saturated rings. The van der Waals surface area contributed by atoms with E-state index in [-0.39, 0.29) is 36.2 Å². The SMILES string of the molecule is CCC/C=C/C=C/C=C/C=C/C=C/CCCCCCCC(=O)OC(COCCC(C(=O)O)[N+](C)(C)C)COC(=O)CCCCCCC/C=C/CCCC. The minimum atomic E-state index is -0.885. The lowest BCUT2D eigenvalue weighted by Crippen LogP contribution is -2.50. The number of allylic oxidation sites excluding steroid dienone is 12. The lowest BCUT2D eigenvalue weighted by Gasteiger charge is -2.31. The van der Waals surface area contributed by atoms with E-state index in [0.717, 1.165) is 77.0 Å². The molecule has 0 radical (unpaired) electrons. The molecule has 0 bridgehead atoms. The number of esters is 2. The van der Waals surface area contributed by atoms with Gasteiger partial charge in [0, 0.05) is 19.3 Å². The third kappa shape index (κ3) is 34.3. The summed E-state index contributed by atoms with van der Waals surface area (Å²) in [6.07, 6.45) is 43.6. The summed E-state index contributed by atoms with van der Waals surface area (Å²) in [6.45, 7) is 4.55. The van der Waals surface area contributed by atoms with Gasteiger partial charge in [-0.25, -0.2) is 4.79 Å². The number of hydrogen-bond acceptors (Lipinski definition) is 6. The molecule has 0 aliphatic heterocycles. The number of nitrogens with zero attached hydrogens (tertiary/aromatic N) is 1. The van der Waals surface area contributed by atoms with Crippen LogP contribution in [0.4, 0.5) is 0 Å². The Morgan fingerprint density at radius 1 is 0.566 bits per heavy atom. The monoisotopic (exact) mass is 743 g/mol. The zero-order valence-electron chi connectivity index (χ0n) is 34.2. The molecular formula is C45H76NO7+. The summed E-state index contributed by atoms with van der Waals surface area (Å²) in [5, 5.41) is 9.60. The molecule has 53 heavy (non-hydrogen) atoms. The average molecular weight is 743 g/mol. The maximum absolute atomic E-state index is 12.7. The zero-order valence-corrected chi connectivity index (χ0v) is 34.2. The number of carboxylic acids is 1. The van der Waals surface area contributed by atoms with Gasteiger partial charge in [-0.05, 0) is 51.4 Å². The Balaban J connectivity index is 4.47. The van der Waals surface area contributed by atoms with Crippen LogP contribution in [0.25, 0.3) is 0 Å². The van der Waals surface area contributed by atoms with Crippen molar-refractivity contribution in [3.8, 4) is 0 Å². The van der Waals surface area contributed by atoms with Gasteiger partial charge in [-0.1, -0.05) is 145 Å². The molecule has 2 unspecified atom stereocenters. The number of aliphatic carboxylic acids is 1. The van der Waals surface area contributed by atoms with Crippen LogP contribution in [0.2, 0.25) is 0 Å². The molecule has 0 aromatic heterocycles. The van der Waals surface area contributed by atoms with E-state index in [0.29, 0.717) is 19.3 Å². The number of unbranched alkanes of at least 4 members (excludes halogenated alkanes) is 13. The Morgan fingerprint density at radius 3 is 1.60 bits per heavy atom. The molecule has 0 aliphatic carbocycles.